The molecule has 6 heteroatoms. The number of rotatable bonds is 10. The van der Waals surface area contributed by atoms with Crippen molar-refractivity contribution < 1.29 is 9.47 Å². The summed E-state index contributed by atoms with van der Waals surface area (Å²) < 4.78 is 13.0. The largest absolute Gasteiger partial charge is 0.374 e. The van der Waals surface area contributed by atoms with E-state index in [1.165, 1.54) is 11.1 Å². The normalized spacial score (nSPS) is 14.3. The van der Waals surface area contributed by atoms with Gasteiger partial charge in [0.2, 0.25) is 0 Å². The van der Waals surface area contributed by atoms with Gasteiger partial charge in [-0.1, -0.05) is 60.7 Å². The second-order valence-corrected chi connectivity index (χ2v) is 7.12. The zero-order chi connectivity index (χ0) is 20.6. The van der Waals surface area contributed by atoms with Crippen LogP contribution >= 0.6 is 0 Å². The third kappa shape index (κ3) is 5.22. The topological polar surface area (TPSA) is 61.2 Å². The number of benzene rings is 2. The maximum atomic E-state index is 5.52. The van der Waals surface area contributed by atoms with Crippen LogP contribution in [-0.4, -0.2) is 29.1 Å². The van der Waals surface area contributed by atoms with E-state index in [4.69, 9.17) is 9.47 Å². The molecule has 1 N–H and O–H groups in total. The highest BCUT2D eigenvalue weighted by atomic mass is 16.5. The number of aryl methyl sites for hydroxylation is 1. The molecule has 29 heavy (non-hydrogen) atoms. The summed E-state index contributed by atoms with van der Waals surface area (Å²) in [5.41, 5.74) is 6.17. The van der Waals surface area contributed by atoms with Gasteiger partial charge in [-0.3, -0.25) is 0 Å². The predicted molar refractivity (Wildman–Crippen MR) is 114 cm³/mol. The molecule has 3 aromatic rings. The molecule has 0 radical (unpaired) electrons. The number of hydrogen-bond acceptors (Lipinski definition) is 5. The Bertz CT molecular complexity index is 840. The van der Waals surface area contributed by atoms with E-state index in [2.05, 4.69) is 64.2 Å². The van der Waals surface area contributed by atoms with Gasteiger partial charge in [-0.25, -0.2) is 4.68 Å². The number of methoxy groups -OCH3 is 2. The molecule has 3 rings (SSSR count). The highest BCUT2D eigenvalue weighted by Crippen LogP contribution is 2.25. The number of nitrogens with one attached hydrogen (secondary N) is 1. The summed E-state index contributed by atoms with van der Waals surface area (Å²) in [5.74, 6) is 1.46. The van der Waals surface area contributed by atoms with Crippen LogP contribution in [0.3, 0.4) is 0 Å². The first-order chi connectivity index (χ1) is 14.1. The summed E-state index contributed by atoms with van der Waals surface area (Å²) >= 11 is 0. The number of aromatic nitrogens is 3. The highest BCUT2D eigenvalue weighted by Gasteiger charge is 2.24. The minimum atomic E-state index is -0.196. The number of nitrogens with zero attached hydrogens (tertiary/aromatic N) is 3. The third-order valence-corrected chi connectivity index (χ3v) is 5.20. The van der Waals surface area contributed by atoms with Crippen LogP contribution in [0.1, 0.15) is 61.3 Å². The van der Waals surface area contributed by atoms with Gasteiger partial charge in [0, 0.05) is 14.2 Å². The van der Waals surface area contributed by atoms with Crippen LogP contribution in [0.2, 0.25) is 0 Å². The van der Waals surface area contributed by atoms with E-state index >= 15 is 0 Å². The first-order valence-corrected chi connectivity index (χ1v) is 10.00. The van der Waals surface area contributed by atoms with Gasteiger partial charge >= 0.3 is 0 Å². The lowest BCUT2D eigenvalue weighted by molar-refractivity contribution is 0.101. The SMILES string of the molecule is COC(C)c1nnc(C(C)OC)n1NC(CCc1ccccc1)c1ccccc1. The first kappa shape index (κ1) is 21.0. The summed E-state index contributed by atoms with van der Waals surface area (Å²) in [6.45, 7) is 3.93. The van der Waals surface area contributed by atoms with Crippen LogP contribution in [0, 0.1) is 0 Å². The lowest BCUT2D eigenvalue weighted by Gasteiger charge is -2.25. The molecule has 6 nitrogen and oxygen atoms in total. The van der Waals surface area contributed by atoms with Crippen LogP contribution in [-0.2, 0) is 15.9 Å². The Morgan fingerprint density at radius 1 is 0.828 bits per heavy atom. The summed E-state index contributed by atoms with van der Waals surface area (Å²) in [6, 6.07) is 21.1. The van der Waals surface area contributed by atoms with Gasteiger partial charge in [-0.05, 0) is 37.8 Å². The molecule has 0 bridgehead atoms. The molecule has 0 spiro atoms. The molecule has 1 aromatic heterocycles. The van der Waals surface area contributed by atoms with Crippen molar-refractivity contribution >= 4 is 0 Å². The van der Waals surface area contributed by atoms with Gasteiger partial charge in [-0.15, -0.1) is 10.2 Å². The van der Waals surface area contributed by atoms with Gasteiger partial charge in [0.15, 0.2) is 11.6 Å². The van der Waals surface area contributed by atoms with Gasteiger partial charge in [0.25, 0.3) is 0 Å². The number of ether oxygens (including phenoxy) is 2. The van der Waals surface area contributed by atoms with E-state index in [0.29, 0.717) is 0 Å². The molecule has 2 aromatic carbocycles. The third-order valence-electron chi connectivity index (χ3n) is 5.20. The molecular formula is C23H30N4O2. The van der Waals surface area contributed by atoms with Crippen molar-refractivity contribution in [2.45, 2.75) is 44.9 Å². The molecule has 0 saturated carbocycles. The molecule has 0 saturated heterocycles. The van der Waals surface area contributed by atoms with Crippen molar-refractivity contribution in [3.8, 4) is 0 Å². The Morgan fingerprint density at radius 3 is 1.86 bits per heavy atom. The van der Waals surface area contributed by atoms with Crippen LogP contribution < -0.4 is 5.43 Å². The fourth-order valence-electron chi connectivity index (χ4n) is 3.28. The zero-order valence-corrected chi connectivity index (χ0v) is 17.6. The van der Waals surface area contributed by atoms with Crippen LogP contribution in [0.25, 0.3) is 0 Å². The van der Waals surface area contributed by atoms with E-state index in [9.17, 15) is 0 Å². The second-order valence-electron chi connectivity index (χ2n) is 7.12. The zero-order valence-electron chi connectivity index (χ0n) is 17.6. The van der Waals surface area contributed by atoms with Gasteiger partial charge < -0.3 is 14.9 Å². The van der Waals surface area contributed by atoms with Crippen LogP contribution in [0.15, 0.2) is 60.7 Å². The van der Waals surface area contributed by atoms with Crippen molar-refractivity contribution in [1.82, 2.24) is 14.9 Å². The Kier molecular flexibility index (Phi) is 7.38. The van der Waals surface area contributed by atoms with Crippen molar-refractivity contribution in [2.24, 2.45) is 0 Å². The first-order valence-electron chi connectivity index (χ1n) is 10.00. The fourth-order valence-corrected chi connectivity index (χ4v) is 3.28. The van der Waals surface area contributed by atoms with E-state index in [1.807, 2.05) is 30.7 Å². The van der Waals surface area contributed by atoms with E-state index in [0.717, 1.165) is 24.5 Å². The summed E-state index contributed by atoms with van der Waals surface area (Å²) in [6.07, 6.45) is 1.49. The van der Waals surface area contributed by atoms with Gasteiger partial charge in [0.05, 0.1) is 6.04 Å². The van der Waals surface area contributed by atoms with Crippen molar-refractivity contribution in [3.63, 3.8) is 0 Å². The highest BCUT2D eigenvalue weighted by molar-refractivity contribution is 5.23. The molecule has 3 atom stereocenters. The molecule has 0 amide bonds. The van der Waals surface area contributed by atoms with Crippen LogP contribution in [0.4, 0.5) is 0 Å². The predicted octanol–water partition coefficient (Wildman–Crippen LogP) is 4.61. The molecule has 0 aliphatic carbocycles. The molecule has 0 fully saturated rings. The van der Waals surface area contributed by atoms with Crippen molar-refractivity contribution in [3.05, 3.63) is 83.4 Å². The fraction of sp³-hybridized carbons (Fsp3) is 0.391. The lowest BCUT2D eigenvalue weighted by Crippen LogP contribution is -2.27. The molecular weight excluding hydrogens is 364 g/mol. The lowest BCUT2D eigenvalue weighted by atomic mass is 9.99. The van der Waals surface area contributed by atoms with Crippen LogP contribution in [0.5, 0.6) is 0 Å². The maximum Gasteiger partial charge on any atom is 0.180 e. The smallest absolute Gasteiger partial charge is 0.180 e. The molecule has 154 valence electrons. The summed E-state index contributed by atoms with van der Waals surface area (Å²) in [4.78, 5) is 0. The van der Waals surface area contributed by atoms with Crippen molar-refractivity contribution in [1.29, 1.82) is 0 Å². The quantitative estimate of drug-likeness (QED) is 0.544. The Labute approximate surface area is 172 Å². The second kappa shape index (κ2) is 10.2. The average Bonchev–Trinajstić information content (AvgIpc) is 3.20. The standard InChI is InChI=1S/C23H30N4O2/c1-17(28-3)22-24-25-23(18(2)29-4)27(22)26-21(20-13-9-6-10-14-20)16-15-19-11-7-5-8-12-19/h5-14,17-18,21,26H,15-16H2,1-4H3. The molecule has 1 heterocycles. The molecule has 0 aliphatic heterocycles. The Balaban J connectivity index is 1.91. The van der Waals surface area contributed by atoms with E-state index in [-0.39, 0.29) is 18.2 Å². The Hall–Kier alpha value is -2.70. The maximum absolute atomic E-state index is 5.52. The molecule has 3 unspecified atom stereocenters. The van der Waals surface area contributed by atoms with Gasteiger partial charge in [0.1, 0.15) is 12.2 Å². The average molecular weight is 395 g/mol. The van der Waals surface area contributed by atoms with E-state index in [1.54, 1.807) is 14.2 Å². The Morgan fingerprint density at radius 2 is 1.34 bits per heavy atom. The number of hydrogen-bond donors (Lipinski definition) is 1. The summed E-state index contributed by atoms with van der Waals surface area (Å²) in [7, 11) is 3.35. The molecule has 0 aliphatic rings. The monoisotopic (exact) mass is 394 g/mol. The minimum Gasteiger partial charge on any atom is -0.374 e. The van der Waals surface area contributed by atoms with Crippen molar-refractivity contribution in [2.75, 3.05) is 19.6 Å². The van der Waals surface area contributed by atoms with E-state index < -0.39 is 0 Å². The summed E-state index contributed by atoms with van der Waals surface area (Å²) in [5, 5.41) is 8.73. The van der Waals surface area contributed by atoms with Gasteiger partial charge in [-0.2, -0.15) is 0 Å². The minimum absolute atomic E-state index is 0.0815.